The lowest BCUT2D eigenvalue weighted by molar-refractivity contribution is -0.149. The Balaban J connectivity index is 2.30. The highest BCUT2D eigenvalue weighted by Crippen LogP contribution is 2.28. The Labute approximate surface area is 113 Å². The minimum absolute atomic E-state index is 0.101. The van der Waals surface area contributed by atoms with E-state index in [1.807, 2.05) is 0 Å². The van der Waals surface area contributed by atoms with Gasteiger partial charge in [0.25, 0.3) is 0 Å². The smallest absolute Gasteiger partial charge is 0.313 e. The molecule has 6 heteroatoms. The molecule has 1 rings (SSSR count). The average Bonchev–Trinajstić information content (AvgIpc) is 2.72. The number of hydrogen-bond acceptors (Lipinski definition) is 4. The van der Waals surface area contributed by atoms with Crippen LogP contribution in [0.5, 0.6) is 0 Å². The van der Waals surface area contributed by atoms with Crippen LogP contribution in [0.3, 0.4) is 0 Å². The number of unbranched alkanes of at least 4 members (excludes halogenated alkanes) is 3. The molecule has 1 fully saturated rings. The minimum Gasteiger partial charge on any atom is -0.481 e. The predicted octanol–water partition coefficient (Wildman–Crippen LogP) is 0.502. The van der Waals surface area contributed by atoms with Crippen molar-refractivity contribution < 1.29 is 19.4 Å². The number of carboxylic acids is 1. The third-order valence-electron chi connectivity index (χ3n) is 3.64. The maximum absolute atomic E-state index is 11.8. The van der Waals surface area contributed by atoms with Gasteiger partial charge in [-0.25, -0.2) is 0 Å². The number of rotatable bonds is 8. The first kappa shape index (κ1) is 15.9. The van der Waals surface area contributed by atoms with Crippen molar-refractivity contribution in [2.24, 2.45) is 11.1 Å². The molecule has 1 aliphatic heterocycles. The van der Waals surface area contributed by atoms with Crippen LogP contribution < -0.4 is 11.1 Å². The van der Waals surface area contributed by atoms with Gasteiger partial charge in [0.05, 0.1) is 19.3 Å². The molecule has 2 unspecified atom stereocenters. The van der Waals surface area contributed by atoms with Crippen molar-refractivity contribution in [2.45, 2.75) is 45.1 Å². The van der Waals surface area contributed by atoms with Crippen LogP contribution in [0.25, 0.3) is 0 Å². The van der Waals surface area contributed by atoms with Crippen LogP contribution in [0.4, 0.5) is 0 Å². The second kappa shape index (κ2) is 7.45. The highest BCUT2D eigenvalue weighted by Gasteiger charge is 2.47. The first-order valence-corrected chi connectivity index (χ1v) is 6.81. The number of nitrogens with one attached hydrogen (secondary N) is 1. The topological polar surface area (TPSA) is 102 Å². The Hall–Kier alpha value is -1.14. The van der Waals surface area contributed by atoms with E-state index >= 15 is 0 Å². The summed E-state index contributed by atoms with van der Waals surface area (Å²) in [4.78, 5) is 23.0. The number of hydrogen-bond donors (Lipinski definition) is 3. The first-order chi connectivity index (χ1) is 9.00. The molecular weight excluding hydrogens is 248 g/mol. The molecule has 1 saturated heterocycles. The molecule has 4 N–H and O–H groups in total. The zero-order chi connectivity index (χ0) is 14.3. The number of aliphatic carboxylic acids is 1. The van der Waals surface area contributed by atoms with Gasteiger partial charge in [-0.1, -0.05) is 12.8 Å². The van der Waals surface area contributed by atoms with Crippen molar-refractivity contribution in [1.29, 1.82) is 0 Å². The number of carbonyl (C=O) groups excluding carboxylic acids is 1. The van der Waals surface area contributed by atoms with E-state index in [0.29, 0.717) is 13.0 Å². The lowest BCUT2D eigenvalue weighted by Gasteiger charge is -2.25. The third kappa shape index (κ3) is 4.47. The fraction of sp³-hybridized carbons (Fsp3) is 0.846. The second-order valence-electron chi connectivity index (χ2n) is 5.31. The molecule has 110 valence electrons. The number of amides is 1. The Kier molecular flexibility index (Phi) is 6.24. The zero-order valence-electron chi connectivity index (χ0n) is 11.5. The minimum atomic E-state index is -1.02. The molecule has 1 aliphatic rings. The molecule has 19 heavy (non-hydrogen) atoms. The Morgan fingerprint density at radius 2 is 2.05 bits per heavy atom. The van der Waals surface area contributed by atoms with Gasteiger partial charge in [0.2, 0.25) is 5.91 Å². The Bertz CT molecular complexity index is 322. The fourth-order valence-electron chi connectivity index (χ4n) is 2.13. The molecule has 0 bridgehead atoms. The van der Waals surface area contributed by atoms with Crippen molar-refractivity contribution in [3.8, 4) is 0 Å². The number of carbonyl (C=O) groups is 2. The van der Waals surface area contributed by atoms with Crippen LogP contribution in [0, 0.1) is 5.41 Å². The summed E-state index contributed by atoms with van der Waals surface area (Å²) in [5, 5.41) is 12.0. The molecule has 0 spiro atoms. The molecule has 0 aliphatic carbocycles. The lowest BCUT2D eigenvalue weighted by atomic mass is 9.85. The van der Waals surface area contributed by atoms with Crippen LogP contribution in [-0.2, 0) is 14.3 Å². The summed E-state index contributed by atoms with van der Waals surface area (Å²) in [6.45, 7) is 2.70. The zero-order valence-corrected chi connectivity index (χ0v) is 11.5. The quantitative estimate of drug-likeness (QED) is 0.558. The van der Waals surface area contributed by atoms with E-state index in [9.17, 15) is 14.7 Å². The van der Waals surface area contributed by atoms with Crippen molar-refractivity contribution >= 4 is 11.9 Å². The van der Waals surface area contributed by atoms with E-state index in [4.69, 9.17) is 10.5 Å². The van der Waals surface area contributed by atoms with Crippen molar-refractivity contribution in [1.82, 2.24) is 5.32 Å². The Morgan fingerprint density at radius 1 is 1.37 bits per heavy atom. The van der Waals surface area contributed by atoms with Crippen molar-refractivity contribution in [2.75, 3.05) is 19.8 Å². The van der Waals surface area contributed by atoms with Crippen LogP contribution in [0.1, 0.15) is 39.0 Å². The molecule has 0 saturated carbocycles. The molecular formula is C13H24N2O4. The van der Waals surface area contributed by atoms with Crippen molar-refractivity contribution in [3.63, 3.8) is 0 Å². The highest BCUT2D eigenvalue weighted by molar-refractivity contribution is 5.80. The van der Waals surface area contributed by atoms with E-state index in [-0.39, 0.29) is 19.1 Å². The van der Waals surface area contributed by atoms with E-state index in [1.54, 1.807) is 6.92 Å². The van der Waals surface area contributed by atoms with Crippen LogP contribution >= 0.6 is 0 Å². The van der Waals surface area contributed by atoms with E-state index in [2.05, 4.69) is 5.32 Å². The molecule has 0 radical (unpaired) electrons. The summed E-state index contributed by atoms with van der Waals surface area (Å²) >= 11 is 0. The van der Waals surface area contributed by atoms with Gasteiger partial charge in [0, 0.05) is 6.42 Å². The van der Waals surface area contributed by atoms with Gasteiger partial charge in [-0.2, -0.15) is 0 Å². The average molecular weight is 272 g/mol. The fourth-order valence-corrected chi connectivity index (χ4v) is 2.13. The third-order valence-corrected chi connectivity index (χ3v) is 3.64. The summed E-state index contributed by atoms with van der Waals surface area (Å²) in [6, 6.07) is -0.443. The Morgan fingerprint density at radius 3 is 2.68 bits per heavy atom. The molecule has 0 aromatic heterocycles. The standard InChI is InChI=1S/C13H24N2O4/c1-13(12(17)18)9-19-8-10(13)15-11(16)6-4-2-3-5-7-14/h10H,2-9,14H2,1H3,(H,15,16)(H,17,18). The molecule has 2 atom stereocenters. The summed E-state index contributed by atoms with van der Waals surface area (Å²) in [5.41, 5.74) is 4.37. The van der Waals surface area contributed by atoms with Gasteiger partial charge in [-0.15, -0.1) is 0 Å². The maximum Gasteiger partial charge on any atom is 0.313 e. The summed E-state index contributed by atoms with van der Waals surface area (Å²) in [5.74, 6) is -1.03. The first-order valence-electron chi connectivity index (χ1n) is 6.81. The molecule has 0 aromatic carbocycles. The van der Waals surface area contributed by atoms with Crippen LogP contribution in [0.2, 0.25) is 0 Å². The number of nitrogens with two attached hydrogens (primary N) is 1. The van der Waals surface area contributed by atoms with Crippen molar-refractivity contribution in [3.05, 3.63) is 0 Å². The van der Waals surface area contributed by atoms with Gasteiger partial charge in [-0.05, 0) is 26.3 Å². The van der Waals surface area contributed by atoms with Gasteiger partial charge in [0.1, 0.15) is 5.41 Å². The van der Waals surface area contributed by atoms with E-state index < -0.39 is 17.4 Å². The number of carboxylic acid groups (broad SMARTS) is 1. The summed E-state index contributed by atoms with van der Waals surface area (Å²) < 4.78 is 5.18. The van der Waals surface area contributed by atoms with Gasteiger partial charge in [0.15, 0.2) is 0 Å². The van der Waals surface area contributed by atoms with Crippen LogP contribution in [0.15, 0.2) is 0 Å². The van der Waals surface area contributed by atoms with Gasteiger partial charge < -0.3 is 20.9 Å². The summed E-state index contributed by atoms with van der Waals surface area (Å²) in [7, 11) is 0. The number of ether oxygens (including phenoxy) is 1. The normalized spacial score (nSPS) is 26.3. The molecule has 6 nitrogen and oxygen atoms in total. The molecule has 1 amide bonds. The largest absolute Gasteiger partial charge is 0.481 e. The lowest BCUT2D eigenvalue weighted by Crippen LogP contribution is -2.49. The maximum atomic E-state index is 11.8. The predicted molar refractivity (Wildman–Crippen MR) is 70.6 cm³/mol. The monoisotopic (exact) mass is 272 g/mol. The van der Waals surface area contributed by atoms with Crippen LogP contribution in [-0.4, -0.2) is 42.8 Å². The van der Waals surface area contributed by atoms with Gasteiger partial charge in [-0.3, -0.25) is 9.59 Å². The summed E-state index contributed by atoms with van der Waals surface area (Å²) in [6.07, 6.45) is 4.22. The second-order valence-corrected chi connectivity index (χ2v) is 5.31. The molecule has 0 aromatic rings. The highest BCUT2D eigenvalue weighted by atomic mass is 16.5. The van der Waals surface area contributed by atoms with Gasteiger partial charge >= 0.3 is 5.97 Å². The van der Waals surface area contributed by atoms with E-state index in [1.165, 1.54) is 0 Å². The molecule has 1 heterocycles. The SMILES string of the molecule is CC1(C(=O)O)COCC1NC(=O)CCCCCCN. The van der Waals surface area contributed by atoms with E-state index in [0.717, 1.165) is 25.7 Å².